The second-order valence-corrected chi connectivity index (χ2v) is 12.4. The summed E-state index contributed by atoms with van der Waals surface area (Å²) in [6.07, 6.45) is 15.2. The van der Waals surface area contributed by atoms with E-state index in [-0.39, 0.29) is 0 Å². The molecule has 150 valence electrons. The fourth-order valence-corrected chi connectivity index (χ4v) is 10.8. The molecule has 4 nitrogen and oxygen atoms in total. The summed E-state index contributed by atoms with van der Waals surface area (Å²) in [7, 11) is 1.36. The lowest BCUT2D eigenvalue weighted by Gasteiger charge is -2.57. The molecule has 2 saturated heterocycles. The minimum Gasteiger partial charge on any atom is -0.374 e. The van der Waals surface area contributed by atoms with Gasteiger partial charge in [-0.05, 0) is 75.8 Å². The first-order valence-corrected chi connectivity index (χ1v) is 13.1. The third kappa shape index (κ3) is 3.22. The maximum absolute atomic E-state index is 6.47. The average molecular weight is 381 g/mol. The molecule has 4 fully saturated rings. The molecule has 4 aliphatic rings. The van der Waals surface area contributed by atoms with Crippen molar-refractivity contribution in [3.8, 4) is 0 Å². The van der Waals surface area contributed by atoms with E-state index in [0.717, 1.165) is 17.8 Å². The fourth-order valence-electron chi connectivity index (χ4n) is 7.03. The van der Waals surface area contributed by atoms with Gasteiger partial charge in [-0.25, -0.2) is 0 Å². The Labute approximate surface area is 162 Å². The van der Waals surface area contributed by atoms with E-state index in [1.165, 1.54) is 83.7 Å². The molecule has 5 heteroatoms. The minimum absolute atomic E-state index is 0.683. The minimum atomic E-state index is -2.52. The third-order valence-electron chi connectivity index (χ3n) is 8.22. The number of piperidine rings is 2. The van der Waals surface area contributed by atoms with Crippen molar-refractivity contribution in [3.05, 3.63) is 0 Å². The molecule has 2 saturated carbocycles. The Bertz CT molecular complexity index is 471. The highest BCUT2D eigenvalue weighted by Crippen LogP contribution is 2.44. The molecule has 0 N–H and O–H groups in total. The molecule has 26 heavy (non-hydrogen) atoms. The summed E-state index contributed by atoms with van der Waals surface area (Å²) in [6.45, 7) is 4.84. The van der Waals surface area contributed by atoms with E-state index in [1.54, 1.807) is 0 Å². The first kappa shape index (κ1) is 19.4. The fraction of sp³-hybridized carbons (Fsp3) is 1.00. The zero-order valence-corrected chi connectivity index (χ0v) is 18.3. The lowest BCUT2D eigenvalue weighted by molar-refractivity contribution is -0.0176. The molecule has 0 aromatic rings. The van der Waals surface area contributed by atoms with E-state index in [4.69, 9.17) is 8.85 Å². The quantitative estimate of drug-likeness (QED) is 0.680. The van der Waals surface area contributed by atoms with Crippen LogP contribution in [0.4, 0.5) is 0 Å². The number of hydrogen-bond donors (Lipinski definition) is 0. The van der Waals surface area contributed by atoms with Crippen LogP contribution in [0, 0.1) is 17.8 Å². The van der Waals surface area contributed by atoms with Crippen LogP contribution in [0.3, 0.4) is 0 Å². The summed E-state index contributed by atoms with van der Waals surface area (Å²) < 4.78 is 18.5. The van der Waals surface area contributed by atoms with E-state index in [9.17, 15) is 0 Å². The Morgan fingerprint density at radius 2 is 1.31 bits per heavy atom. The van der Waals surface area contributed by atoms with Crippen LogP contribution < -0.4 is 0 Å². The molecule has 0 spiro atoms. The lowest BCUT2D eigenvalue weighted by atomic mass is 9.73. The molecule has 0 aromatic carbocycles. The normalized spacial score (nSPS) is 40.0. The van der Waals surface area contributed by atoms with Crippen LogP contribution in [0.1, 0.15) is 77.6 Å². The molecule has 5 atom stereocenters. The van der Waals surface area contributed by atoms with Crippen molar-refractivity contribution in [1.82, 2.24) is 9.13 Å². The van der Waals surface area contributed by atoms with Gasteiger partial charge in [-0.1, -0.05) is 32.6 Å². The van der Waals surface area contributed by atoms with Crippen LogP contribution in [0.2, 0.25) is 0 Å². The molecule has 0 amide bonds. The molecule has 4 rings (SSSR count). The second kappa shape index (κ2) is 8.20. The Hall–Kier alpha value is 0.0569. The molecule has 0 aromatic heterocycles. The average Bonchev–Trinajstić information content (AvgIpc) is 2.70. The zero-order valence-electron chi connectivity index (χ0n) is 17.3. The molecule has 0 radical (unpaired) electrons. The monoisotopic (exact) mass is 380 g/mol. The van der Waals surface area contributed by atoms with Gasteiger partial charge in [0.25, 0.3) is 0 Å². The maximum atomic E-state index is 6.47. The van der Waals surface area contributed by atoms with Crippen molar-refractivity contribution in [1.29, 1.82) is 0 Å². The van der Waals surface area contributed by atoms with Gasteiger partial charge in [0.1, 0.15) is 0 Å². The Morgan fingerprint density at radius 1 is 0.692 bits per heavy atom. The van der Waals surface area contributed by atoms with E-state index in [2.05, 4.69) is 16.1 Å². The number of fused-ring (bicyclic) bond motifs is 2. The molecular weight excluding hydrogens is 340 g/mol. The number of rotatable bonds is 4. The number of nitrogens with zero attached hydrogens (tertiary/aromatic N) is 2. The van der Waals surface area contributed by atoms with Gasteiger partial charge in [0, 0.05) is 26.3 Å². The zero-order chi connectivity index (χ0) is 18.1. The van der Waals surface area contributed by atoms with Crippen LogP contribution in [-0.2, 0) is 8.85 Å². The van der Waals surface area contributed by atoms with Gasteiger partial charge >= 0.3 is 8.88 Å². The predicted molar refractivity (Wildman–Crippen MR) is 108 cm³/mol. The lowest BCUT2D eigenvalue weighted by Crippen LogP contribution is -2.76. The van der Waals surface area contributed by atoms with Crippen molar-refractivity contribution < 1.29 is 8.85 Å². The van der Waals surface area contributed by atoms with E-state index in [1.807, 2.05) is 14.2 Å². The number of hydrogen-bond acceptors (Lipinski definition) is 4. The molecule has 5 unspecified atom stereocenters. The second-order valence-electron chi connectivity index (χ2n) is 9.38. The summed E-state index contributed by atoms with van der Waals surface area (Å²) in [6, 6.07) is 1.38. The summed E-state index contributed by atoms with van der Waals surface area (Å²) in [5.74, 6) is 2.59. The summed E-state index contributed by atoms with van der Waals surface area (Å²) in [4.78, 5) is 0. The summed E-state index contributed by atoms with van der Waals surface area (Å²) in [5, 5.41) is 0. The first-order chi connectivity index (χ1) is 12.7. The molecule has 0 bridgehead atoms. The Balaban J connectivity index is 1.64. The van der Waals surface area contributed by atoms with Gasteiger partial charge in [-0.15, -0.1) is 0 Å². The van der Waals surface area contributed by atoms with Crippen LogP contribution in [0.5, 0.6) is 0 Å². The summed E-state index contributed by atoms with van der Waals surface area (Å²) in [5.41, 5.74) is 0. The molecule has 2 aliphatic heterocycles. The van der Waals surface area contributed by atoms with Crippen LogP contribution in [0.25, 0.3) is 0 Å². The van der Waals surface area contributed by atoms with Crippen LogP contribution in [0.15, 0.2) is 0 Å². The van der Waals surface area contributed by atoms with Gasteiger partial charge in [0.2, 0.25) is 0 Å². The van der Waals surface area contributed by atoms with Crippen molar-refractivity contribution >= 4 is 8.88 Å². The van der Waals surface area contributed by atoms with Crippen molar-refractivity contribution in [3.63, 3.8) is 0 Å². The van der Waals surface area contributed by atoms with Crippen LogP contribution in [-0.4, -0.2) is 57.4 Å². The highest BCUT2D eigenvalue weighted by molar-refractivity contribution is 6.61. The van der Waals surface area contributed by atoms with Gasteiger partial charge in [-0.3, -0.25) is 9.13 Å². The van der Waals surface area contributed by atoms with E-state index in [0.29, 0.717) is 12.1 Å². The highest BCUT2D eigenvalue weighted by Gasteiger charge is 2.59. The summed E-state index contributed by atoms with van der Waals surface area (Å²) >= 11 is 0. The maximum Gasteiger partial charge on any atom is 0.522 e. The van der Waals surface area contributed by atoms with Crippen molar-refractivity contribution in [2.75, 3.05) is 27.3 Å². The van der Waals surface area contributed by atoms with Crippen molar-refractivity contribution in [2.24, 2.45) is 17.8 Å². The molecule has 2 heterocycles. The molecule has 2 aliphatic carbocycles. The molecular formula is C21H40N2O2Si. The third-order valence-corrected chi connectivity index (χ3v) is 11.8. The first-order valence-electron chi connectivity index (χ1n) is 11.3. The van der Waals surface area contributed by atoms with E-state index >= 15 is 0 Å². The topological polar surface area (TPSA) is 24.9 Å². The smallest absolute Gasteiger partial charge is 0.374 e. The van der Waals surface area contributed by atoms with Gasteiger partial charge < -0.3 is 8.85 Å². The SMILES string of the molecule is CO[Si](OC)(N1CCCC2CCCCC21)N1CCCC2C(C)CCCC21. The Kier molecular flexibility index (Phi) is 6.11. The largest absolute Gasteiger partial charge is 0.522 e. The van der Waals surface area contributed by atoms with Crippen molar-refractivity contribution in [2.45, 2.75) is 89.6 Å². The van der Waals surface area contributed by atoms with Gasteiger partial charge in [0.15, 0.2) is 0 Å². The Morgan fingerprint density at radius 3 is 2.08 bits per heavy atom. The van der Waals surface area contributed by atoms with Crippen LogP contribution >= 0.6 is 0 Å². The standard InChI is InChI=1S/C21H40N2O2Si/c1-17-9-6-14-21-19(17)12-8-16-23(21)26(24-2,25-3)22-15-7-11-18-10-4-5-13-20(18)22/h17-21H,4-16H2,1-3H3. The predicted octanol–water partition coefficient (Wildman–Crippen LogP) is 4.27. The van der Waals surface area contributed by atoms with E-state index < -0.39 is 8.88 Å². The van der Waals surface area contributed by atoms with Gasteiger partial charge in [-0.2, -0.15) is 0 Å². The highest BCUT2D eigenvalue weighted by atomic mass is 28.4. The van der Waals surface area contributed by atoms with Gasteiger partial charge in [0.05, 0.1) is 0 Å².